The van der Waals surface area contributed by atoms with E-state index < -0.39 is 30.0 Å². The van der Waals surface area contributed by atoms with Crippen LogP contribution in [0.1, 0.15) is 0 Å². The predicted molar refractivity (Wildman–Crippen MR) is 39.6 cm³/mol. The lowest BCUT2D eigenvalue weighted by Crippen LogP contribution is -2.55. The van der Waals surface area contributed by atoms with Gasteiger partial charge in [-0.1, -0.05) is 11.6 Å². The summed E-state index contributed by atoms with van der Waals surface area (Å²) >= 11 is 5.24. The van der Waals surface area contributed by atoms with Gasteiger partial charge in [0.1, 0.15) is 24.4 Å². The van der Waals surface area contributed by atoms with Crippen molar-refractivity contribution >= 4 is 11.6 Å². The van der Waals surface area contributed by atoms with E-state index in [-0.39, 0.29) is 6.61 Å². The van der Waals surface area contributed by atoms with Gasteiger partial charge in [0.15, 0.2) is 5.56 Å². The van der Waals surface area contributed by atoms with E-state index >= 15 is 0 Å². The second-order valence-corrected chi connectivity index (χ2v) is 3.17. The highest BCUT2D eigenvalue weighted by molar-refractivity contribution is 6.19. The van der Waals surface area contributed by atoms with Crippen LogP contribution < -0.4 is 0 Å². The fourth-order valence-electron chi connectivity index (χ4n) is 1.07. The first-order valence-electron chi connectivity index (χ1n) is 3.52. The van der Waals surface area contributed by atoms with Crippen molar-refractivity contribution in [2.75, 3.05) is 6.61 Å². The van der Waals surface area contributed by atoms with Gasteiger partial charge in [-0.05, 0) is 0 Å². The molecule has 0 aromatic carbocycles. The Kier molecular flexibility index (Phi) is 3.28. The van der Waals surface area contributed by atoms with E-state index in [9.17, 15) is 5.11 Å². The number of hydrogen-bond acceptors (Lipinski definition) is 5. The maximum atomic E-state index is 9.20. The highest BCUT2D eigenvalue weighted by atomic mass is 35.5. The van der Waals surface area contributed by atoms with Gasteiger partial charge in [-0.25, -0.2) is 0 Å². The first kappa shape index (κ1) is 10.2. The highest BCUT2D eigenvalue weighted by Crippen LogP contribution is 2.19. The molecule has 0 saturated carbocycles. The summed E-state index contributed by atoms with van der Waals surface area (Å²) in [6, 6.07) is 0. The van der Waals surface area contributed by atoms with Gasteiger partial charge in [0.25, 0.3) is 0 Å². The lowest BCUT2D eigenvalue weighted by Gasteiger charge is -2.35. The summed E-state index contributed by atoms with van der Waals surface area (Å²) in [7, 11) is 0. The molecule has 0 aromatic rings. The minimum Gasteiger partial charge on any atom is -0.388 e. The lowest BCUT2D eigenvalue weighted by atomic mass is 10.0. The summed E-state index contributed by atoms with van der Waals surface area (Å²) in [6.07, 6.45) is -4.87. The van der Waals surface area contributed by atoms with Crippen molar-refractivity contribution in [1.82, 2.24) is 0 Å². The molecule has 1 heterocycles. The van der Waals surface area contributed by atoms with Crippen molar-refractivity contribution in [3.8, 4) is 0 Å². The molecule has 1 aliphatic heterocycles. The molecule has 1 unspecified atom stereocenters. The van der Waals surface area contributed by atoms with Gasteiger partial charge in [0.2, 0.25) is 0 Å². The normalized spacial score (nSPS) is 45.8. The number of rotatable bonds is 1. The molecule has 0 aromatic heterocycles. The Labute approximate surface area is 74.2 Å². The van der Waals surface area contributed by atoms with Gasteiger partial charge in [0.05, 0.1) is 6.61 Å². The van der Waals surface area contributed by atoms with Crippen LogP contribution in [0.3, 0.4) is 0 Å². The van der Waals surface area contributed by atoms with Crippen molar-refractivity contribution in [3.63, 3.8) is 0 Å². The molecule has 1 saturated heterocycles. The zero-order chi connectivity index (χ0) is 9.30. The summed E-state index contributed by atoms with van der Waals surface area (Å²) in [5.41, 5.74) is -1.39. The number of alkyl halides is 1. The van der Waals surface area contributed by atoms with E-state index in [0.717, 1.165) is 0 Å². The van der Waals surface area contributed by atoms with Crippen molar-refractivity contribution in [3.05, 3.63) is 0 Å². The fraction of sp³-hybridized carbons (Fsp3) is 1.00. The van der Waals surface area contributed by atoms with Crippen LogP contribution in [0.15, 0.2) is 0 Å². The van der Waals surface area contributed by atoms with E-state index in [1.165, 1.54) is 0 Å². The van der Waals surface area contributed by atoms with Crippen molar-refractivity contribution in [2.45, 2.75) is 30.0 Å². The Morgan fingerprint density at radius 2 is 1.83 bits per heavy atom. The van der Waals surface area contributed by atoms with Crippen LogP contribution in [-0.4, -0.2) is 57.0 Å². The van der Waals surface area contributed by atoms with Crippen LogP contribution in [-0.2, 0) is 4.74 Å². The predicted octanol–water partition coefficient (Wildman–Crippen LogP) is -1.97. The Morgan fingerprint density at radius 1 is 1.25 bits per heavy atom. The van der Waals surface area contributed by atoms with Crippen molar-refractivity contribution < 1.29 is 25.2 Å². The third-order valence-corrected chi connectivity index (χ3v) is 2.06. The number of halogens is 1. The molecule has 0 spiro atoms. The molecule has 0 amide bonds. The second kappa shape index (κ2) is 3.87. The summed E-state index contributed by atoms with van der Waals surface area (Å²) in [4.78, 5) is 0. The van der Waals surface area contributed by atoms with Crippen LogP contribution in [0.2, 0.25) is 0 Å². The zero-order valence-corrected chi connectivity index (χ0v) is 6.92. The average Bonchev–Trinajstić information content (AvgIpc) is 2.00. The maximum absolute atomic E-state index is 9.20. The average molecular weight is 199 g/mol. The number of ether oxygens (including phenoxy) is 1. The smallest absolute Gasteiger partial charge is 0.156 e. The molecule has 0 radical (unpaired) electrons. The topological polar surface area (TPSA) is 90.2 Å². The largest absolute Gasteiger partial charge is 0.388 e. The number of aliphatic hydroxyl groups excluding tert-OH is 4. The fourth-order valence-corrected chi connectivity index (χ4v) is 1.29. The van der Waals surface area contributed by atoms with Gasteiger partial charge in [-0.3, -0.25) is 0 Å². The molecule has 4 N–H and O–H groups in total. The van der Waals surface area contributed by atoms with E-state index in [0.29, 0.717) is 0 Å². The standard InChI is InChI=1S/C6H11ClO5/c7-6(11)5-4(10)3(9)2(8)1-12-5/h2-6,8-11H,1H2/t2-,3+,4+,5-,6?/m0/s1. The maximum Gasteiger partial charge on any atom is 0.156 e. The molecule has 1 aliphatic rings. The Balaban J connectivity index is 2.58. The number of aliphatic hydroxyl groups is 4. The molecule has 5 nitrogen and oxygen atoms in total. The SMILES string of the molecule is OC(Cl)[C@H]1OC[C@H](O)[C@@H](O)[C@H]1O. The third-order valence-electron chi connectivity index (χ3n) is 1.81. The van der Waals surface area contributed by atoms with Crippen LogP contribution in [0.4, 0.5) is 0 Å². The summed E-state index contributed by atoms with van der Waals surface area (Å²) in [6.45, 7) is -0.146. The molecule has 6 heteroatoms. The van der Waals surface area contributed by atoms with Gasteiger partial charge >= 0.3 is 0 Å². The molecule has 1 fully saturated rings. The molecule has 72 valence electrons. The first-order valence-corrected chi connectivity index (χ1v) is 3.95. The van der Waals surface area contributed by atoms with E-state index in [2.05, 4.69) is 0 Å². The van der Waals surface area contributed by atoms with Gasteiger partial charge in [0, 0.05) is 0 Å². The molecular weight excluding hydrogens is 188 g/mol. The molecule has 0 aliphatic carbocycles. The Hall–Kier alpha value is 0.0900. The summed E-state index contributed by atoms with van der Waals surface area (Å²) in [5, 5.41) is 36.1. The van der Waals surface area contributed by atoms with Crippen molar-refractivity contribution in [2.24, 2.45) is 0 Å². The number of hydrogen-bond donors (Lipinski definition) is 4. The van der Waals surface area contributed by atoms with E-state index in [1.54, 1.807) is 0 Å². The summed E-state index contributed by atoms with van der Waals surface area (Å²) in [5.74, 6) is 0. The molecule has 5 atom stereocenters. The molecule has 12 heavy (non-hydrogen) atoms. The Bertz CT molecular complexity index is 153. The second-order valence-electron chi connectivity index (χ2n) is 2.72. The van der Waals surface area contributed by atoms with Gasteiger partial charge < -0.3 is 25.2 Å². The molecule has 0 bridgehead atoms. The van der Waals surface area contributed by atoms with Crippen LogP contribution in [0.25, 0.3) is 0 Å². The molecular formula is C6H11ClO5. The van der Waals surface area contributed by atoms with Gasteiger partial charge in [-0.2, -0.15) is 0 Å². The minimum absolute atomic E-state index is 0.146. The lowest BCUT2D eigenvalue weighted by molar-refractivity contribution is -0.200. The zero-order valence-electron chi connectivity index (χ0n) is 6.17. The quantitative estimate of drug-likeness (QED) is 0.367. The molecule has 1 rings (SSSR count). The van der Waals surface area contributed by atoms with E-state index in [1.807, 2.05) is 0 Å². The Morgan fingerprint density at radius 3 is 2.33 bits per heavy atom. The van der Waals surface area contributed by atoms with Crippen molar-refractivity contribution in [1.29, 1.82) is 0 Å². The monoisotopic (exact) mass is 198 g/mol. The van der Waals surface area contributed by atoms with Crippen LogP contribution in [0, 0.1) is 0 Å². The first-order chi connectivity index (χ1) is 5.54. The van der Waals surface area contributed by atoms with E-state index in [4.69, 9.17) is 31.7 Å². The minimum atomic E-state index is -1.39. The summed E-state index contributed by atoms with van der Waals surface area (Å²) < 4.78 is 4.79. The van der Waals surface area contributed by atoms with Gasteiger partial charge in [-0.15, -0.1) is 0 Å². The highest BCUT2D eigenvalue weighted by Gasteiger charge is 2.40. The van der Waals surface area contributed by atoms with Crippen LogP contribution in [0.5, 0.6) is 0 Å². The van der Waals surface area contributed by atoms with Crippen LogP contribution >= 0.6 is 11.6 Å². The third kappa shape index (κ3) is 1.87.